The van der Waals surface area contributed by atoms with Gasteiger partial charge in [-0.1, -0.05) is 35.9 Å². The molecule has 7 heteroatoms. The molecule has 1 saturated heterocycles. The molecule has 0 aromatic heterocycles. The number of aliphatic hydroxyl groups is 2. The number of aryl methyl sites for hydroxylation is 1. The number of amides is 1. The summed E-state index contributed by atoms with van der Waals surface area (Å²) in [6.45, 7) is 3.75. The van der Waals surface area contributed by atoms with Crippen molar-refractivity contribution in [3.05, 3.63) is 59.2 Å². The molecule has 0 radical (unpaired) electrons. The zero-order chi connectivity index (χ0) is 27.3. The Kier molecular flexibility index (Phi) is 9.22. The van der Waals surface area contributed by atoms with Crippen LogP contribution in [0.1, 0.15) is 61.6 Å². The third-order valence-corrected chi connectivity index (χ3v) is 8.44. The number of carbonyl (C=O) groups is 1. The maximum Gasteiger partial charge on any atom is 0.225 e. The van der Waals surface area contributed by atoms with Gasteiger partial charge < -0.3 is 25.6 Å². The zero-order valence-corrected chi connectivity index (χ0v) is 22.6. The number of likely N-dealkylation sites (tertiary alicyclic amines) is 1. The van der Waals surface area contributed by atoms with Gasteiger partial charge in [-0.25, -0.2) is 0 Å². The second-order valence-corrected chi connectivity index (χ2v) is 11.1. The summed E-state index contributed by atoms with van der Waals surface area (Å²) in [6, 6.07) is 15.6. The molecule has 4 N–H and O–H groups in total. The topological polar surface area (TPSA) is 120 Å². The van der Waals surface area contributed by atoms with Crippen LogP contribution in [0.4, 0.5) is 0 Å². The summed E-state index contributed by atoms with van der Waals surface area (Å²) in [6.07, 6.45) is 3.97. The minimum atomic E-state index is -1.19. The number of ether oxygens (including phenoxy) is 1. The smallest absolute Gasteiger partial charge is 0.225 e. The summed E-state index contributed by atoms with van der Waals surface area (Å²) in [7, 11) is 1.68. The van der Waals surface area contributed by atoms with E-state index in [1.807, 2.05) is 42.2 Å². The van der Waals surface area contributed by atoms with Gasteiger partial charge in [-0.2, -0.15) is 5.26 Å². The zero-order valence-electron chi connectivity index (χ0n) is 22.6. The number of hydrogen-bond acceptors (Lipinski definition) is 6. The van der Waals surface area contributed by atoms with Crippen LogP contribution in [-0.4, -0.2) is 60.0 Å². The van der Waals surface area contributed by atoms with Gasteiger partial charge in [-0.3, -0.25) is 4.79 Å². The molecule has 2 aliphatic rings. The summed E-state index contributed by atoms with van der Waals surface area (Å²) in [5, 5.41) is 32.4. The third-order valence-electron chi connectivity index (χ3n) is 8.44. The fourth-order valence-electron chi connectivity index (χ4n) is 6.32. The lowest BCUT2D eigenvalue weighted by atomic mass is 9.71. The van der Waals surface area contributed by atoms with Crippen LogP contribution in [0, 0.1) is 30.1 Å². The number of unbranched alkanes of at least 4 members (excludes halogenated alkanes) is 1. The Morgan fingerprint density at radius 3 is 2.74 bits per heavy atom. The van der Waals surface area contributed by atoms with Gasteiger partial charge in [0, 0.05) is 44.7 Å². The van der Waals surface area contributed by atoms with E-state index in [0.717, 1.165) is 47.9 Å². The van der Waals surface area contributed by atoms with Gasteiger partial charge in [0.2, 0.25) is 5.91 Å². The Morgan fingerprint density at radius 2 is 2.05 bits per heavy atom. The van der Waals surface area contributed by atoms with E-state index in [0.29, 0.717) is 44.5 Å². The van der Waals surface area contributed by atoms with Gasteiger partial charge in [0.15, 0.2) is 0 Å². The Labute approximate surface area is 226 Å². The molecule has 2 aromatic carbocycles. The number of carbonyl (C=O) groups excluding carboxylic acids is 1. The predicted molar refractivity (Wildman–Crippen MR) is 147 cm³/mol. The van der Waals surface area contributed by atoms with E-state index in [9.17, 15) is 20.3 Å². The number of benzene rings is 2. The highest BCUT2D eigenvalue weighted by Gasteiger charge is 2.44. The number of rotatable bonds is 9. The summed E-state index contributed by atoms with van der Waals surface area (Å²) < 4.78 is 5.27. The van der Waals surface area contributed by atoms with Crippen LogP contribution in [0.2, 0.25) is 0 Å². The molecule has 1 aliphatic heterocycles. The monoisotopic (exact) mass is 519 g/mol. The first kappa shape index (κ1) is 28.3. The first-order chi connectivity index (χ1) is 18.3. The van der Waals surface area contributed by atoms with Crippen molar-refractivity contribution in [3.63, 3.8) is 0 Å². The van der Waals surface area contributed by atoms with Crippen molar-refractivity contribution in [2.45, 2.75) is 69.6 Å². The Hall–Kier alpha value is -2.76. The number of nitrogens with zero attached hydrogens (tertiary/aromatic N) is 2. The number of nitrogens with two attached hydrogens (primary N) is 1. The highest BCUT2D eigenvalue weighted by molar-refractivity contribution is 5.79. The molecule has 0 spiro atoms. The lowest BCUT2D eigenvalue weighted by molar-refractivity contribution is -0.141. The standard InChI is InChI=1S/C31H41N3O4/c1-21-7-5-8-23(15-21)26-16-22(19-32)10-11-27(26)31(37,12-3-4-14-38-2)25-9-6-13-34(20-25)30(36)24-17-28(33)29(35)18-24/h5,7-8,10-11,15-16,24-25,28-29,35,37H,3-4,6,9,12-14,17-18,20,33H2,1-2H3/t24-,25+,28+,29-,31+/m0/s1. The van der Waals surface area contributed by atoms with Crippen LogP contribution in [0.5, 0.6) is 0 Å². The van der Waals surface area contributed by atoms with Crippen LogP contribution in [-0.2, 0) is 15.1 Å². The van der Waals surface area contributed by atoms with Crippen molar-refractivity contribution in [1.82, 2.24) is 4.90 Å². The number of piperidine rings is 1. The van der Waals surface area contributed by atoms with Gasteiger partial charge in [0.1, 0.15) is 0 Å². The lowest BCUT2D eigenvalue weighted by Crippen LogP contribution is -2.49. The predicted octanol–water partition coefficient (Wildman–Crippen LogP) is 3.87. The molecule has 5 atom stereocenters. The Balaban J connectivity index is 1.70. The summed E-state index contributed by atoms with van der Waals surface area (Å²) in [5.74, 6) is -0.410. The molecule has 4 rings (SSSR count). The van der Waals surface area contributed by atoms with E-state index in [2.05, 4.69) is 12.1 Å². The molecule has 1 saturated carbocycles. The summed E-state index contributed by atoms with van der Waals surface area (Å²) in [5.41, 5.74) is 9.08. The van der Waals surface area contributed by atoms with Crippen LogP contribution in [0.3, 0.4) is 0 Å². The molecule has 7 nitrogen and oxygen atoms in total. The van der Waals surface area contributed by atoms with E-state index in [1.165, 1.54) is 0 Å². The molecule has 0 bridgehead atoms. The number of methoxy groups -OCH3 is 1. The second kappa shape index (κ2) is 12.4. The van der Waals surface area contributed by atoms with Crippen LogP contribution in [0.25, 0.3) is 11.1 Å². The highest BCUT2D eigenvalue weighted by Crippen LogP contribution is 2.44. The van der Waals surface area contributed by atoms with E-state index < -0.39 is 11.7 Å². The second-order valence-electron chi connectivity index (χ2n) is 11.1. The molecular weight excluding hydrogens is 478 g/mol. The molecular formula is C31H41N3O4. The van der Waals surface area contributed by atoms with Crippen molar-refractivity contribution in [2.75, 3.05) is 26.8 Å². The highest BCUT2D eigenvalue weighted by atomic mass is 16.5. The molecule has 38 heavy (non-hydrogen) atoms. The molecule has 2 fully saturated rings. The largest absolute Gasteiger partial charge is 0.391 e. The van der Waals surface area contributed by atoms with Crippen molar-refractivity contribution in [1.29, 1.82) is 5.26 Å². The van der Waals surface area contributed by atoms with Crippen molar-refractivity contribution in [3.8, 4) is 17.2 Å². The summed E-state index contributed by atoms with van der Waals surface area (Å²) in [4.78, 5) is 15.3. The fraction of sp³-hybridized carbons (Fsp3) is 0.548. The fourth-order valence-corrected chi connectivity index (χ4v) is 6.32. The SMILES string of the molecule is COCCCC[C@](O)(c1ccc(C#N)cc1-c1cccc(C)c1)[C@@H]1CCCN(C(=O)[C@H]2C[C@@H](N)[C@@H](O)C2)C1. The van der Waals surface area contributed by atoms with Crippen LogP contribution >= 0.6 is 0 Å². The average molecular weight is 520 g/mol. The van der Waals surface area contributed by atoms with E-state index >= 15 is 0 Å². The van der Waals surface area contributed by atoms with Crippen molar-refractivity contribution in [2.24, 2.45) is 17.6 Å². The number of hydrogen-bond donors (Lipinski definition) is 3. The molecule has 204 valence electrons. The minimum absolute atomic E-state index is 0.0298. The van der Waals surface area contributed by atoms with Gasteiger partial charge in [0.25, 0.3) is 0 Å². The molecule has 0 unspecified atom stereocenters. The van der Waals surface area contributed by atoms with Gasteiger partial charge in [-0.15, -0.1) is 0 Å². The van der Waals surface area contributed by atoms with E-state index in [-0.39, 0.29) is 23.8 Å². The van der Waals surface area contributed by atoms with Gasteiger partial charge in [0.05, 0.1) is 23.3 Å². The normalized spacial score (nSPS) is 25.1. The quantitative estimate of drug-likeness (QED) is 0.433. The number of aliphatic hydroxyl groups excluding tert-OH is 1. The summed E-state index contributed by atoms with van der Waals surface area (Å²) >= 11 is 0. The minimum Gasteiger partial charge on any atom is -0.391 e. The van der Waals surface area contributed by atoms with E-state index in [1.54, 1.807) is 13.2 Å². The van der Waals surface area contributed by atoms with Crippen LogP contribution in [0.15, 0.2) is 42.5 Å². The Morgan fingerprint density at radius 1 is 1.24 bits per heavy atom. The third kappa shape index (κ3) is 6.10. The van der Waals surface area contributed by atoms with Crippen molar-refractivity contribution >= 4 is 5.91 Å². The first-order valence-electron chi connectivity index (χ1n) is 13.8. The molecule has 1 heterocycles. The average Bonchev–Trinajstić information content (AvgIpc) is 3.28. The van der Waals surface area contributed by atoms with E-state index in [4.69, 9.17) is 10.5 Å². The van der Waals surface area contributed by atoms with Crippen LogP contribution < -0.4 is 5.73 Å². The maximum absolute atomic E-state index is 13.4. The van der Waals surface area contributed by atoms with Gasteiger partial charge in [-0.05, 0) is 80.7 Å². The van der Waals surface area contributed by atoms with Crippen molar-refractivity contribution < 1.29 is 19.7 Å². The molecule has 2 aromatic rings. The molecule has 1 aliphatic carbocycles. The Bertz CT molecular complexity index is 1150. The lowest BCUT2D eigenvalue weighted by Gasteiger charge is -2.44. The first-order valence-corrected chi connectivity index (χ1v) is 13.8. The number of nitriles is 1. The molecule has 1 amide bonds. The van der Waals surface area contributed by atoms with Gasteiger partial charge >= 0.3 is 0 Å². The maximum atomic E-state index is 13.4.